The minimum absolute atomic E-state index is 0.0848. The summed E-state index contributed by atoms with van der Waals surface area (Å²) in [5, 5.41) is 19.5. The molecule has 0 aromatic heterocycles. The molecule has 120 valence electrons. The molecule has 0 radical (unpaired) electrons. The van der Waals surface area contributed by atoms with Gasteiger partial charge in [-0.2, -0.15) is 0 Å². The van der Waals surface area contributed by atoms with Crippen LogP contribution in [0.5, 0.6) is 11.5 Å². The Balaban J connectivity index is 2.23. The molecule has 6 nitrogen and oxygen atoms in total. The minimum atomic E-state index is -0.252. The lowest BCUT2D eigenvalue weighted by molar-refractivity contribution is 0.104. The van der Waals surface area contributed by atoms with Crippen LogP contribution >= 0.6 is 0 Å². The molecule has 0 aliphatic carbocycles. The summed E-state index contributed by atoms with van der Waals surface area (Å²) in [5.41, 5.74) is 1.09. The van der Waals surface area contributed by atoms with Gasteiger partial charge in [0.1, 0.15) is 11.5 Å². The Morgan fingerprint density at radius 2 is 1.96 bits per heavy atom. The fourth-order valence-electron chi connectivity index (χ4n) is 2.01. The molecule has 0 unspecified atom stereocenters. The first-order chi connectivity index (χ1) is 11.0. The summed E-state index contributed by atoms with van der Waals surface area (Å²) in [7, 11) is 3.01. The second-order valence-corrected chi connectivity index (χ2v) is 4.63. The molecule has 0 aliphatic rings. The van der Waals surface area contributed by atoms with Crippen LogP contribution in [0.1, 0.15) is 15.9 Å². The maximum absolute atomic E-state index is 12.3. The van der Waals surface area contributed by atoms with Crippen LogP contribution in [-0.2, 0) is 0 Å². The zero-order valence-electron chi connectivity index (χ0n) is 12.7. The second kappa shape index (κ2) is 7.44. The first kappa shape index (κ1) is 16.5. The normalized spacial score (nSPS) is 10.6. The summed E-state index contributed by atoms with van der Waals surface area (Å²) >= 11 is 0. The second-order valence-electron chi connectivity index (χ2n) is 4.63. The fourth-order valence-corrected chi connectivity index (χ4v) is 2.01. The Kier molecular flexibility index (Phi) is 5.35. The van der Waals surface area contributed by atoms with Crippen LogP contribution in [-0.4, -0.2) is 25.2 Å². The van der Waals surface area contributed by atoms with Crippen molar-refractivity contribution in [1.29, 1.82) is 0 Å². The van der Waals surface area contributed by atoms with Crippen molar-refractivity contribution >= 4 is 17.5 Å². The largest absolute Gasteiger partial charge is 0.733 e. The molecular formula is C17H16NO5-. The third-order valence-electron chi connectivity index (χ3n) is 3.19. The van der Waals surface area contributed by atoms with Gasteiger partial charge in [0, 0.05) is 6.07 Å². The molecule has 2 aromatic carbocycles. The van der Waals surface area contributed by atoms with Crippen molar-refractivity contribution in [3.8, 4) is 11.5 Å². The lowest BCUT2D eigenvalue weighted by Crippen LogP contribution is -2.06. The maximum atomic E-state index is 12.3. The molecule has 0 bridgehead atoms. The van der Waals surface area contributed by atoms with Crippen molar-refractivity contribution < 1.29 is 19.5 Å². The Morgan fingerprint density at radius 1 is 1.17 bits per heavy atom. The lowest BCUT2D eigenvalue weighted by Gasteiger charge is -2.21. The number of ketones is 1. The van der Waals surface area contributed by atoms with Gasteiger partial charge < -0.3 is 19.9 Å². The van der Waals surface area contributed by atoms with E-state index >= 15 is 0 Å². The molecule has 0 saturated carbocycles. The smallest absolute Gasteiger partial charge is 0.189 e. The molecular weight excluding hydrogens is 298 g/mol. The number of anilines is 1. The quantitative estimate of drug-likeness (QED) is 0.500. The van der Waals surface area contributed by atoms with Gasteiger partial charge in [0.05, 0.1) is 25.5 Å². The number of hydrogen-bond acceptors (Lipinski definition) is 6. The fraction of sp³-hybridized carbons (Fsp3) is 0.118. The van der Waals surface area contributed by atoms with Gasteiger partial charge in [-0.1, -0.05) is 18.2 Å². The van der Waals surface area contributed by atoms with Gasteiger partial charge >= 0.3 is 0 Å². The van der Waals surface area contributed by atoms with E-state index in [2.05, 4.69) is 0 Å². The van der Waals surface area contributed by atoms with Gasteiger partial charge in [0.2, 0.25) is 0 Å². The summed E-state index contributed by atoms with van der Waals surface area (Å²) in [5.74, 6) is 0.750. The molecule has 2 rings (SSSR count). The van der Waals surface area contributed by atoms with E-state index in [1.807, 2.05) is 0 Å². The van der Waals surface area contributed by atoms with Crippen LogP contribution in [0.15, 0.2) is 48.5 Å². The predicted molar refractivity (Wildman–Crippen MR) is 87.0 cm³/mol. The molecule has 2 aromatic rings. The summed E-state index contributed by atoms with van der Waals surface area (Å²) in [6.07, 6.45) is 2.93. The van der Waals surface area contributed by atoms with E-state index in [0.29, 0.717) is 22.6 Å². The Bertz CT molecular complexity index is 725. The van der Waals surface area contributed by atoms with E-state index in [9.17, 15) is 10.0 Å². The molecule has 0 fully saturated rings. The number of benzene rings is 2. The average molecular weight is 314 g/mol. The van der Waals surface area contributed by atoms with Gasteiger partial charge in [-0.05, 0) is 35.9 Å². The lowest BCUT2D eigenvalue weighted by atomic mass is 10.1. The number of nitrogens with zero attached hydrogens (tertiary/aromatic N) is 1. The highest BCUT2D eigenvalue weighted by Gasteiger charge is 2.10. The summed E-state index contributed by atoms with van der Waals surface area (Å²) in [6.45, 7) is 0. The third-order valence-corrected chi connectivity index (χ3v) is 3.19. The van der Waals surface area contributed by atoms with Gasteiger partial charge in [-0.15, -0.1) is 0 Å². The van der Waals surface area contributed by atoms with Crippen LogP contribution in [0.3, 0.4) is 0 Å². The summed E-state index contributed by atoms with van der Waals surface area (Å²) < 4.78 is 10.3. The number of allylic oxidation sites excluding steroid dienone is 1. The van der Waals surface area contributed by atoms with Crippen LogP contribution in [0, 0.1) is 5.21 Å². The Hall–Kier alpha value is -2.83. The number of rotatable bonds is 6. The van der Waals surface area contributed by atoms with Crippen molar-refractivity contribution in [1.82, 2.24) is 0 Å². The van der Waals surface area contributed by atoms with E-state index in [4.69, 9.17) is 14.7 Å². The zero-order chi connectivity index (χ0) is 16.8. The summed E-state index contributed by atoms with van der Waals surface area (Å²) in [6, 6.07) is 11.2. The van der Waals surface area contributed by atoms with Crippen molar-refractivity contribution in [3.63, 3.8) is 0 Å². The zero-order valence-corrected chi connectivity index (χ0v) is 12.7. The van der Waals surface area contributed by atoms with Gasteiger partial charge in [-0.25, -0.2) is 0 Å². The maximum Gasteiger partial charge on any atom is 0.189 e. The Labute approximate surface area is 133 Å². The highest BCUT2D eigenvalue weighted by Crippen LogP contribution is 2.25. The van der Waals surface area contributed by atoms with E-state index in [0.717, 1.165) is 0 Å². The van der Waals surface area contributed by atoms with Gasteiger partial charge in [0.15, 0.2) is 5.78 Å². The van der Waals surface area contributed by atoms with Crippen LogP contribution < -0.4 is 14.7 Å². The number of hydrogen-bond donors (Lipinski definition) is 1. The number of carbonyl (C=O) groups is 1. The first-order valence-electron chi connectivity index (χ1n) is 6.76. The molecule has 6 heteroatoms. The number of ether oxygens (including phenoxy) is 2. The van der Waals surface area contributed by atoms with Crippen LogP contribution in [0.2, 0.25) is 0 Å². The van der Waals surface area contributed by atoms with E-state index in [1.165, 1.54) is 32.4 Å². The summed E-state index contributed by atoms with van der Waals surface area (Å²) in [4.78, 5) is 12.3. The Morgan fingerprint density at radius 3 is 2.61 bits per heavy atom. The molecule has 1 N–H and O–H groups in total. The monoisotopic (exact) mass is 314 g/mol. The molecule has 23 heavy (non-hydrogen) atoms. The van der Waals surface area contributed by atoms with Crippen molar-refractivity contribution in [2.75, 3.05) is 19.4 Å². The first-order valence-corrected chi connectivity index (χ1v) is 6.76. The minimum Gasteiger partial charge on any atom is -0.733 e. The van der Waals surface area contributed by atoms with E-state index < -0.39 is 0 Å². The topological polar surface area (TPSA) is 82.1 Å². The van der Waals surface area contributed by atoms with Gasteiger partial charge in [-0.3, -0.25) is 10.0 Å². The van der Waals surface area contributed by atoms with Crippen LogP contribution in [0.4, 0.5) is 5.69 Å². The third kappa shape index (κ3) is 4.09. The van der Waals surface area contributed by atoms with Gasteiger partial charge in [0.25, 0.3) is 0 Å². The standard InChI is InChI=1S/C17H16NO5/c1-22-14-7-8-15(17(11-14)23-2)16(19)9-6-12-4-3-5-13(10-12)18(20)21/h3-11,20H,1-2H3/q-1. The molecule has 0 amide bonds. The molecule has 0 aliphatic heterocycles. The molecule has 0 saturated heterocycles. The van der Waals surface area contributed by atoms with E-state index in [1.54, 1.807) is 36.4 Å². The van der Waals surface area contributed by atoms with Crippen molar-refractivity contribution in [3.05, 3.63) is 64.9 Å². The average Bonchev–Trinajstić information content (AvgIpc) is 2.59. The molecule has 0 heterocycles. The number of methoxy groups -OCH3 is 2. The highest BCUT2D eigenvalue weighted by molar-refractivity contribution is 6.08. The predicted octanol–water partition coefficient (Wildman–Crippen LogP) is 3.29. The van der Waals surface area contributed by atoms with Crippen molar-refractivity contribution in [2.45, 2.75) is 0 Å². The molecule has 0 spiro atoms. The number of carbonyl (C=O) groups excluding carboxylic acids is 1. The van der Waals surface area contributed by atoms with Crippen molar-refractivity contribution in [2.24, 2.45) is 0 Å². The highest BCUT2D eigenvalue weighted by atomic mass is 16.8. The molecule has 0 atom stereocenters. The van der Waals surface area contributed by atoms with Crippen LogP contribution in [0.25, 0.3) is 6.08 Å². The van der Waals surface area contributed by atoms with E-state index in [-0.39, 0.29) is 16.7 Å². The SMILES string of the molecule is COc1ccc(C(=O)C=Cc2cccc(N([O-])O)c2)c(OC)c1.